The van der Waals surface area contributed by atoms with Gasteiger partial charge in [0.25, 0.3) is 0 Å². The van der Waals surface area contributed by atoms with Crippen molar-refractivity contribution < 1.29 is 24.2 Å². The molecule has 0 aliphatic rings. The van der Waals surface area contributed by atoms with Crippen LogP contribution in [0.1, 0.15) is 77.8 Å². The van der Waals surface area contributed by atoms with E-state index in [1.165, 1.54) is 5.56 Å². The summed E-state index contributed by atoms with van der Waals surface area (Å²) < 4.78 is 5.34. The number of hydrogen-bond donors (Lipinski definition) is 5. The molecule has 0 saturated carbocycles. The van der Waals surface area contributed by atoms with Crippen molar-refractivity contribution in [2.75, 3.05) is 33.9 Å². The lowest BCUT2D eigenvalue weighted by molar-refractivity contribution is -0.122. The van der Waals surface area contributed by atoms with E-state index in [1.54, 1.807) is 6.92 Å². The summed E-state index contributed by atoms with van der Waals surface area (Å²) in [5.74, 6) is 0.713. The number of hydrogen-bond acceptors (Lipinski definition) is 8. The Kier molecular flexibility index (Phi) is 28.8. The number of nitrogens with one attached hydrogen (secondary N) is 2. The highest BCUT2D eigenvalue weighted by Crippen LogP contribution is 2.18. The van der Waals surface area contributed by atoms with E-state index in [-0.39, 0.29) is 11.3 Å². The highest BCUT2D eigenvalue weighted by Gasteiger charge is 2.16. The maximum atomic E-state index is 10.7. The summed E-state index contributed by atoms with van der Waals surface area (Å²) in [6.07, 6.45) is 4.92. The Bertz CT molecular complexity index is 807. The molecular formula is C28H52N6O5. The van der Waals surface area contributed by atoms with E-state index in [0.717, 1.165) is 51.2 Å². The van der Waals surface area contributed by atoms with E-state index in [4.69, 9.17) is 21.3 Å². The third-order valence-corrected chi connectivity index (χ3v) is 4.48. The van der Waals surface area contributed by atoms with Crippen molar-refractivity contribution in [3.05, 3.63) is 35.4 Å². The second kappa shape index (κ2) is 27.9. The van der Waals surface area contributed by atoms with Crippen LogP contribution in [-0.2, 0) is 25.7 Å². The molecule has 1 amide bonds. The minimum atomic E-state index is -0.0334. The Morgan fingerprint density at radius 1 is 1.05 bits per heavy atom. The number of ether oxygens (including phenoxy) is 1. The Morgan fingerprint density at radius 3 is 2.13 bits per heavy atom. The Labute approximate surface area is 234 Å². The molecule has 1 rings (SSSR count). The molecule has 0 fully saturated rings. The molecule has 39 heavy (non-hydrogen) atoms. The molecular weight excluding hydrogens is 500 g/mol. The summed E-state index contributed by atoms with van der Waals surface area (Å²) in [6, 6.07) is 7.81. The van der Waals surface area contributed by atoms with Crippen molar-refractivity contribution >= 4 is 30.2 Å². The zero-order chi connectivity index (χ0) is 30.5. The fourth-order valence-corrected chi connectivity index (χ4v) is 2.51. The number of carbonyl (C=O) groups excluding carboxylic acids is 3. The van der Waals surface area contributed by atoms with E-state index in [2.05, 4.69) is 27.8 Å². The highest BCUT2D eigenvalue weighted by atomic mass is 16.5. The van der Waals surface area contributed by atoms with Crippen LogP contribution in [0.25, 0.3) is 0 Å². The Hall–Kier alpha value is -3.15. The molecule has 0 heterocycles. The van der Waals surface area contributed by atoms with Crippen LogP contribution in [-0.4, -0.2) is 69.2 Å². The maximum Gasteiger partial charge on any atom is 0.220 e. The summed E-state index contributed by atoms with van der Waals surface area (Å²) >= 11 is 0. The number of benzene rings is 1. The van der Waals surface area contributed by atoms with Gasteiger partial charge in [-0.3, -0.25) is 4.79 Å². The van der Waals surface area contributed by atoms with Crippen LogP contribution < -0.4 is 22.1 Å². The second-order valence-electron chi connectivity index (χ2n) is 9.10. The van der Waals surface area contributed by atoms with Gasteiger partial charge in [-0.2, -0.15) is 0 Å². The van der Waals surface area contributed by atoms with Crippen molar-refractivity contribution in [3.63, 3.8) is 0 Å². The number of nitrogens with zero attached hydrogens (tertiary/aromatic N) is 2. The topological polar surface area (TPSA) is 181 Å². The lowest BCUT2D eigenvalue weighted by atomic mass is 9.91. The average molecular weight is 553 g/mol. The molecule has 224 valence electrons. The highest BCUT2D eigenvalue weighted by molar-refractivity contribution is 5.97. The third kappa shape index (κ3) is 27.7. The van der Waals surface area contributed by atoms with E-state index in [9.17, 15) is 14.4 Å². The number of amides is 1. The van der Waals surface area contributed by atoms with E-state index in [1.807, 2.05) is 52.1 Å². The van der Waals surface area contributed by atoms with Gasteiger partial charge in [0.15, 0.2) is 5.84 Å². The first kappa shape index (κ1) is 40.3. The summed E-state index contributed by atoms with van der Waals surface area (Å²) in [7, 11) is 2.91. The van der Waals surface area contributed by atoms with Gasteiger partial charge in [0, 0.05) is 51.6 Å². The molecule has 0 aliphatic carbocycles. The average Bonchev–Trinajstić information content (AvgIpc) is 2.92. The molecule has 0 atom stereocenters. The number of amidine groups is 2. The smallest absolute Gasteiger partial charge is 0.220 e. The van der Waals surface area contributed by atoms with Crippen LogP contribution in [0.3, 0.4) is 0 Å². The second-order valence-corrected chi connectivity index (χ2v) is 9.10. The first-order chi connectivity index (χ1) is 18.6. The summed E-state index contributed by atoms with van der Waals surface area (Å²) in [4.78, 5) is 30.7. The quantitative estimate of drug-likeness (QED) is 0.0723. The third-order valence-electron chi connectivity index (χ3n) is 4.48. The monoisotopic (exact) mass is 552 g/mol. The standard InChI is InChI=1S/C11H17N5.C9H18O2.C7H13NO2.CH4O/c1-8(12)15-16-11(13)10-5-3-9(4-6-10)7-14-2;1-4-7-11-8-9(2,3)5-6-10;1-2-5-8-7(10)4-3-6-9;1-2/h3-6,14H,7H2,1-2H3,(H2,12,15)(H2,13,16);6H,4-5,7-8H2,1-3H3;6H,2-5H2,1H3,(H,8,10);2H,1H3. The van der Waals surface area contributed by atoms with Gasteiger partial charge in [0.05, 0.1) is 6.61 Å². The predicted octanol–water partition coefficient (Wildman–Crippen LogP) is 2.53. The van der Waals surface area contributed by atoms with Crippen LogP contribution in [0.5, 0.6) is 0 Å². The van der Waals surface area contributed by atoms with E-state index < -0.39 is 0 Å². The molecule has 0 saturated heterocycles. The number of carbonyl (C=O) groups is 3. The zero-order valence-corrected chi connectivity index (χ0v) is 25.0. The number of rotatable bonds is 15. The summed E-state index contributed by atoms with van der Waals surface area (Å²) in [6.45, 7) is 12.8. The summed E-state index contributed by atoms with van der Waals surface area (Å²) in [5, 5.41) is 20.3. The van der Waals surface area contributed by atoms with Gasteiger partial charge in [-0.05, 0) is 37.8 Å². The Balaban J connectivity index is -0.000000500. The number of nitrogens with two attached hydrogens (primary N) is 2. The van der Waals surface area contributed by atoms with Crippen LogP contribution in [0.2, 0.25) is 0 Å². The normalized spacial score (nSPS) is 11.0. The molecule has 7 N–H and O–H groups in total. The molecule has 0 bridgehead atoms. The first-order valence-electron chi connectivity index (χ1n) is 13.1. The van der Waals surface area contributed by atoms with Crippen LogP contribution >= 0.6 is 0 Å². The maximum absolute atomic E-state index is 10.7. The number of aliphatic hydroxyl groups is 1. The van der Waals surface area contributed by atoms with E-state index in [0.29, 0.717) is 44.1 Å². The summed E-state index contributed by atoms with van der Waals surface area (Å²) in [5.41, 5.74) is 13.1. The van der Waals surface area contributed by atoms with Crippen molar-refractivity contribution in [2.24, 2.45) is 27.1 Å². The molecule has 11 nitrogen and oxygen atoms in total. The van der Waals surface area contributed by atoms with Crippen molar-refractivity contribution in [3.8, 4) is 0 Å². The van der Waals surface area contributed by atoms with Gasteiger partial charge < -0.3 is 41.5 Å². The van der Waals surface area contributed by atoms with Crippen LogP contribution in [0.15, 0.2) is 34.5 Å². The Morgan fingerprint density at radius 2 is 1.67 bits per heavy atom. The molecule has 11 heteroatoms. The predicted molar refractivity (Wildman–Crippen MR) is 160 cm³/mol. The minimum Gasteiger partial charge on any atom is -0.400 e. The number of aliphatic hydroxyl groups excluding tert-OH is 1. The molecule has 0 radical (unpaired) electrons. The number of aldehydes is 2. The van der Waals surface area contributed by atoms with Gasteiger partial charge in [0.2, 0.25) is 5.91 Å². The van der Waals surface area contributed by atoms with Gasteiger partial charge in [-0.25, -0.2) is 0 Å². The van der Waals surface area contributed by atoms with Gasteiger partial charge in [-0.15, -0.1) is 10.2 Å². The molecule has 0 aromatic heterocycles. The SMILES string of the molecule is CCCNC(=O)CCC=O.CCCOCC(C)(C)CC=O.CNCc1ccc(/C(N)=N/N=C(/C)N)cc1.CO. The molecule has 0 spiro atoms. The lowest BCUT2D eigenvalue weighted by Gasteiger charge is -2.21. The van der Waals surface area contributed by atoms with Crippen LogP contribution in [0.4, 0.5) is 0 Å². The lowest BCUT2D eigenvalue weighted by Crippen LogP contribution is -2.23. The zero-order valence-electron chi connectivity index (χ0n) is 25.0. The molecule has 1 aromatic carbocycles. The fourth-order valence-electron chi connectivity index (χ4n) is 2.51. The van der Waals surface area contributed by atoms with Gasteiger partial charge in [0.1, 0.15) is 18.4 Å². The molecule has 0 unspecified atom stereocenters. The van der Waals surface area contributed by atoms with Crippen molar-refractivity contribution in [1.29, 1.82) is 0 Å². The van der Waals surface area contributed by atoms with Gasteiger partial charge >= 0.3 is 0 Å². The minimum absolute atomic E-state index is 0.0108. The van der Waals surface area contributed by atoms with Crippen LogP contribution in [0, 0.1) is 5.41 Å². The largest absolute Gasteiger partial charge is 0.400 e. The molecule has 1 aromatic rings. The fraction of sp³-hybridized carbons (Fsp3) is 0.607. The van der Waals surface area contributed by atoms with E-state index >= 15 is 0 Å². The van der Waals surface area contributed by atoms with Crippen molar-refractivity contribution in [1.82, 2.24) is 10.6 Å². The van der Waals surface area contributed by atoms with Crippen molar-refractivity contribution in [2.45, 2.75) is 73.3 Å². The first-order valence-corrected chi connectivity index (χ1v) is 13.1. The molecule has 0 aliphatic heterocycles. The van der Waals surface area contributed by atoms with Gasteiger partial charge in [-0.1, -0.05) is 52.0 Å².